The van der Waals surface area contributed by atoms with E-state index in [1.165, 1.54) is 0 Å². The number of H-pyrrole nitrogens is 2. The minimum atomic E-state index is -1.17. The maximum atomic E-state index is 12.7. The van der Waals surface area contributed by atoms with Crippen LogP contribution in [0.25, 0.3) is 24.3 Å². The third-order valence-electron chi connectivity index (χ3n) is 9.36. The highest BCUT2D eigenvalue weighted by Gasteiger charge is 2.44. The average Bonchev–Trinajstić information content (AvgIpc) is 3.63. The lowest BCUT2D eigenvalue weighted by Gasteiger charge is -2.27. The van der Waals surface area contributed by atoms with Gasteiger partial charge in [0.1, 0.15) is 0 Å². The van der Waals surface area contributed by atoms with Crippen LogP contribution in [0.3, 0.4) is 0 Å². The molecule has 0 radical (unpaired) electrons. The van der Waals surface area contributed by atoms with Gasteiger partial charge in [-0.25, -0.2) is 4.79 Å². The van der Waals surface area contributed by atoms with Crippen molar-refractivity contribution in [2.24, 2.45) is 27.7 Å². The van der Waals surface area contributed by atoms with Crippen molar-refractivity contribution >= 4 is 53.6 Å². The zero-order valence-electron chi connectivity index (χ0n) is 25.6. The number of rotatable bonds is 8. The van der Waals surface area contributed by atoms with Gasteiger partial charge >= 0.3 is 17.9 Å². The van der Waals surface area contributed by atoms with E-state index in [1.54, 1.807) is 13.0 Å². The summed E-state index contributed by atoms with van der Waals surface area (Å²) in [5.74, 6) is -4.79. The van der Waals surface area contributed by atoms with E-state index in [-0.39, 0.29) is 24.3 Å². The van der Waals surface area contributed by atoms with Crippen molar-refractivity contribution in [2.45, 2.75) is 66.3 Å². The molecule has 0 amide bonds. The molecule has 2 aromatic heterocycles. The fraction of sp³-hybridized carbons (Fsp3) is 0.382. The Hall–Kier alpha value is -4.73. The lowest BCUT2D eigenvalue weighted by atomic mass is 9.76. The zero-order valence-corrected chi connectivity index (χ0v) is 25.6. The number of carbonyl (C=O) groups is 3. The minimum Gasteiger partial charge on any atom is -0.481 e. The number of carboxylic acids is 3. The molecule has 44 heavy (non-hydrogen) atoms. The highest BCUT2D eigenvalue weighted by Crippen LogP contribution is 2.42. The largest absolute Gasteiger partial charge is 0.481 e. The first-order valence-electron chi connectivity index (χ1n) is 14.9. The second kappa shape index (κ2) is 11.7. The Morgan fingerprint density at radius 1 is 0.955 bits per heavy atom. The highest BCUT2D eigenvalue weighted by molar-refractivity contribution is 6.25. The van der Waals surface area contributed by atoms with Gasteiger partial charge in [0.25, 0.3) is 0 Å². The molecule has 230 valence electrons. The molecule has 0 spiro atoms. The molecule has 2 unspecified atom stereocenters. The number of hydrogen-bond acceptors (Lipinski definition) is 5. The standard InChI is InChI=1S/C34H38N4O6/c1-7-19-15(3)23-12-25-17(5)21(9-10-29(39)40)32(37-25)22(11-30(41)42)33-31(34(43)44)18(6)26(38-33)14-28-20(8-2)16(4)24(36-28)13-27(19)35-23/h7,12-14,17,21-22,33,35-36H,1,8-11H2,2-6H3,(H,39,40)(H,41,42)(H,43,44)/b24-13-,25-12?,28-14?/t17-,21-,22?,33?/m0/s1. The SMILES string of the molecule is C=Cc1c2[nH]c(c1C)C=C1N=C(C(CC(=O)O)C3N=C(C=c4[nH]/c(c(C)c4CC)=C\2)C(C)=C3C(=O)O)[C@@H](CCC(=O)O)[C@@H]1C. The van der Waals surface area contributed by atoms with Crippen molar-refractivity contribution in [1.82, 2.24) is 9.97 Å². The molecule has 5 heterocycles. The van der Waals surface area contributed by atoms with E-state index in [2.05, 4.69) is 23.5 Å². The lowest BCUT2D eigenvalue weighted by molar-refractivity contribution is -0.138. The molecule has 0 aromatic carbocycles. The van der Waals surface area contributed by atoms with Gasteiger partial charge in [-0.15, -0.1) is 0 Å². The van der Waals surface area contributed by atoms with E-state index in [9.17, 15) is 29.7 Å². The van der Waals surface area contributed by atoms with E-state index in [4.69, 9.17) is 9.98 Å². The number of hydrogen-bond donors (Lipinski definition) is 5. The van der Waals surface area contributed by atoms with Crippen LogP contribution in [0.15, 0.2) is 33.4 Å². The molecule has 4 atom stereocenters. The predicted octanol–water partition coefficient (Wildman–Crippen LogP) is 4.02. The van der Waals surface area contributed by atoms with E-state index in [1.807, 2.05) is 39.0 Å². The van der Waals surface area contributed by atoms with Gasteiger partial charge in [0.05, 0.1) is 23.7 Å². The quantitative estimate of drug-likeness (QED) is 0.308. The van der Waals surface area contributed by atoms with E-state index in [0.29, 0.717) is 22.7 Å². The number of carboxylic acid groups (broad SMARTS) is 3. The van der Waals surface area contributed by atoms with Crippen LogP contribution in [0, 0.1) is 31.6 Å². The average molecular weight is 599 g/mol. The summed E-state index contributed by atoms with van der Waals surface area (Å²) in [6.45, 7) is 13.8. The molecule has 10 heteroatoms. The van der Waals surface area contributed by atoms with Crippen LogP contribution in [0.4, 0.5) is 0 Å². The molecule has 0 fully saturated rings. The lowest BCUT2D eigenvalue weighted by Crippen LogP contribution is -2.36. The second-order valence-corrected chi connectivity index (χ2v) is 11.8. The third-order valence-corrected chi connectivity index (χ3v) is 9.36. The van der Waals surface area contributed by atoms with Crippen molar-refractivity contribution < 1.29 is 29.7 Å². The summed E-state index contributed by atoms with van der Waals surface area (Å²) in [5.41, 5.74) is 7.81. The maximum absolute atomic E-state index is 12.7. The Labute approximate surface area is 255 Å². The Morgan fingerprint density at radius 3 is 2.30 bits per heavy atom. The number of aliphatic carboxylic acids is 3. The Bertz CT molecular complexity index is 1850. The van der Waals surface area contributed by atoms with Gasteiger partial charge in [0, 0.05) is 63.2 Å². The first kappa shape index (κ1) is 30.7. The van der Waals surface area contributed by atoms with Gasteiger partial charge in [0.2, 0.25) is 0 Å². The highest BCUT2D eigenvalue weighted by atomic mass is 16.4. The van der Waals surface area contributed by atoms with Crippen LogP contribution in [0.1, 0.15) is 73.7 Å². The van der Waals surface area contributed by atoms with Crippen molar-refractivity contribution in [3.8, 4) is 0 Å². The topological polar surface area (TPSA) is 168 Å². The summed E-state index contributed by atoms with van der Waals surface area (Å²) in [6, 6.07) is -1.00. The van der Waals surface area contributed by atoms with Crippen LogP contribution >= 0.6 is 0 Å². The van der Waals surface area contributed by atoms with E-state index in [0.717, 1.165) is 50.8 Å². The molecule has 0 saturated heterocycles. The molecular formula is C34H38N4O6. The first-order chi connectivity index (χ1) is 20.9. The van der Waals surface area contributed by atoms with Gasteiger partial charge in [-0.2, -0.15) is 0 Å². The molecule has 10 nitrogen and oxygen atoms in total. The number of aliphatic imine (C=N–C) groups is 2. The molecule has 3 aliphatic heterocycles. The maximum Gasteiger partial charge on any atom is 0.334 e. The molecule has 0 saturated carbocycles. The fourth-order valence-electron chi connectivity index (χ4n) is 6.96. The number of aromatic nitrogens is 2. The fourth-order valence-corrected chi connectivity index (χ4v) is 6.96. The molecular weight excluding hydrogens is 560 g/mol. The number of nitrogens with one attached hydrogen (secondary N) is 2. The van der Waals surface area contributed by atoms with E-state index >= 15 is 0 Å². The van der Waals surface area contributed by atoms with Gasteiger partial charge in [-0.3, -0.25) is 19.6 Å². The summed E-state index contributed by atoms with van der Waals surface area (Å²) in [4.78, 5) is 53.5. The van der Waals surface area contributed by atoms with Crippen molar-refractivity contribution in [2.75, 3.05) is 0 Å². The molecule has 8 bridgehead atoms. The molecule has 5 N–H and O–H groups in total. The van der Waals surface area contributed by atoms with Gasteiger partial charge in [-0.1, -0.05) is 26.5 Å². The summed E-state index contributed by atoms with van der Waals surface area (Å²) in [6.07, 6.45) is 8.04. The van der Waals surface area contributed by atoms with Crippen molar-refractivity contribution in [3.63, 3.8) is 0 Å². The molecule has 0 aliphatic carbocycles. The van der Waals surface area contributed by atoms with Crippen LogP contribution in [-0.2, 0) is 20.8 Å². The monoisotopic (exact) mass is 598 g/mol. The van der Waals surface area contributed by atoms with Gasteiger partial charge < -0.3 is 25.3 Å². The van der Waals surface area contributed by atoms with Crippen LogP contribution in [-0.4, -0.2) is 60.7 Å². The van der Waals surface area contributed by atoms with Gasteiger partial charge in [-0.05, 0) is 74.1 Å². The number of aromatic amines is 2. The molecule has 5 rings (SSSR count). The van der Waals surface area contributed by atoms with Crippen LogP contribution in [0.5, 0.6) is 0 Å². The third kappa shape index (κ3) is 5.29. The summed E-state index contributed by atoms with van der Waals surface area (Å²) in [5, 5.41) is 31.6. The van der Waals surface area contributed by atoms with Crippen molar-refractivity contribution in [3.05, 3.63) is 67.8 Å². The summed E-state index contributed by atoms with van der Waals surface area (Å²) >= 11 is 0. The predicted molar refractivity (Wildman–Crippen MR) is 170 cm³/mol. The number of fused-ring (bicyclic) bond motifs is 6. The summed E-state index contributed by atoms with van der Waals surface area (Å²) < 4.78 is 0. The molecule has 2 aromatic rings. The van der Waals surface area contributed by atoms with Crippen LogP contribution < -0.4 is 10.7 Å². The number of nitrogens with zero attached hydrogens (tertiary/aromatic N) is 2. The first-order valence-corrected chi connectivity index (χ1v) is 14.9. The van der Waals surface area contributed by atoms with Crippen LogP contribution in [0.2, 0.25) is 0 Å². The number of allylic oxidation sites excluding steroid dienone is 2. The normalized spacial score (nSPS) is 23.3. The summed E-state index contributed by atoms with van der Waals surface area (Å²) in [7, 11) is 0. The Balaban J connectivity index is 1.87. The second-order valence-electron chi connectivity index (χ2n) is 11.8. The smallest absolute Gasteiger partial charge is 0.334 e. The zero-order chi connectivity index (χ0) is 32.0. The minimum absolute atomic E-state index is 0.0322. The van der Waals surface area contributed by atoms with E-state index < -0.39 is 42.2 Å². The van der Waals surface area contributed by atoms with Crippen molar-refractivity contribution in [1.29, 1.82) is 0 Å². The van der Waals surface area contributed by atoms with Gasteiger partial charge in [0.15, 0.2) is 0 Å². The Morgan fingerprint density at radius 2 is 1.68 bits per heavy atom. The Kier molecular flexibility index (Phi) is 8.20. The molecule has 3 aliphatic rings.